The van der Waals surface area contributed by atoms with E-state index in [0.29, 0.717) is 13.1 Å². The molecule has 3 rings (SSSR count). The van der Waals surface area contributed by atoms with Crippen molar-refractivity contribution >= 4 is 11.9 Å². The highest BCUT2D eigenvalue weighted by atomic mass is 16.2. The Hall–Kier alpha value is -1.82. The van der Waals surface area contributed by atoms with Crippen LogP contribution < -0.4 is 5.32 Å². The van der Waals surface area contributed by atoms with Gasteiger partial charge in [0.15, 0.2) is 0 Å². The van der Waals surface area contributed by atoms with Crippen LogP contribution in [0.1, 0.15) is 31.5 Å². The molecule has 2 fully saturated rings. The molecule has 1 N–H and O–H groups in total. The normalized spacial score (nSPS) is 24.4. The van der Waals surface area contributed by atoms with E-state index in [4.69, 9.17) is 0 Å². The Labute approximate surface area is 124 Å². The zero-order valence-electron chi connectivity index (χ0n) is 12.6. The minimum absolute atomic E-state index is 0.0916. The molecule has 21 heavy (non-hydrogen) atoms. The predicted octanol–water partition coefficient (Wildman–Crippen LogP) is 1.10. The molecule has 0 radical (unpaired) electrons. The molecule has 2 aliphatic heterocycles. The van der Waals surface area contributed by atoms with E-state index in [1.54, 1.807) is 0 Å². The number of nitrogens with zero attached hydrogens (tertiary/aromatic N) is 3. The summed E-state index contributed by atoms with van der Waals surface area (Å²) in [5, 5.41) is 2.69. The lowest BCUT2D eigenvalue weighted by Gasteiger charge is -2.31. The van der Waals surface area contributed by atoms with Crippen molar-refractivity contribution in [2.24, 2.45) is 7.05 Å². The Balaban J connectivity index is 1.77. The van der Waals surface area contributed by atoms with E-state index < -0.39 is 0 Å². The summed E-state index contributed by atoms with van der Waals surface area (Å²) in [6.45, 7) is 3.84. The Kier molecular flexibility index (Phi) is 3.71. The number of imide groups is 1. The van der Waals surface area contributed by atoms with Crippen LogP contribution in [0.4, 0.5) is 4.79 Å². The number of aryl methyl sites for hydroxylation is 1. The van der Waals surface area contributed by atoms with Gasteiger partial charge in [0.05, 0.1) is 12.1 Å². The number of hydrogen-bond acceptors (Lipinski definition) is 3. The fourth-order valence-electron chi connectivity index (χ4n) is 3.44. The fraction of sp³-hybridized carbons (Fsp3) is 0.600. The summed E-state index contributed by atoms with van der Waals surface area (Å²) in [6, 6.07) is 3.88. The van der Waals surface area contributed by atoms with Crippen molar-refractivity contribution in [3.8, 4) is 0 Å². The van der Waals surface area contributed by atoms with Gasteiger partial charge in [-0.1, -0.05) is 0 Å². The number of nitrogens with one attached hydrogen (secondary N) is 1. The van der Waals surface area contributed by atoms with Crippen LogP contribution in [0.25, 0.3) is 0 Å². The van der Waals surface area contributed by atoms with E-state index in [2.05, 4.69) is 20.9 Å². The van der Waals surface area contributed by atoms with E-state index in [-0.39, 0.29) is 24.0 Å². The molecular formula is C15H22N4O2. The molecule has 2 saturated heterocycles. The molecule has 114 valence electrons. The minimum Gasteiger partial charge on any atom is -0.353 e. The second-order valence-corrected chi connectivity index (χ2v) is 5.84. The van der Waals surface area contributed by atoms with Crippen LogP contribution in [0.5, 0.6) is 0 Å². The molecule has 0 aromatic carbocycles. The largest absolute Gasteiger partial charge is 0.353 e. The van der Waals surface area contributed by atoms with E-state index in [0.717, 1.165) is 19.4 Å². The first-order valence-electron chi connectivity index (χ1n) is 7.56. The van der Waals surface area contributed by atoms with Crippen molar-refractivity contribution in [1.82, 2.24) is 19.7 Å². The zero-order chi connectivity index (χ0) is 15.0. The molecule has 0 spiro atoms. The summed E-state index contributed by atoms with van der Waals surface area (Å²) in [6.07, 6.45) is 4.17. The van der Waals surface area contributed by atoms with Gasteiger partial charge in [-0.15, -0.1) is 0 Å². The number of carbonyl (C=O) groups excluding carboxylic acids is 2. The van der Waals surface area contributed by atoms with Gasteiger partial charge in [-0.2, -0.15) is 0 Å². The monoisotopic (exact) mass is 290 g/mol. The lowest BCUT2D eigenvalue weighted by Crippen LogP contribution is -2.48. The molecular weight excluding hydrogens is 268 g/mol. The molecule has 2 atom stereocenters. The van der Waals surface area contributed by atoms with Gasteiger partial charge in [0, 0.05) is 32.0 Å². The first-order chi connectivity index (χ1) is 10.1. The van der Waals surface area contributed by atoms with Crippen molar-refractivity contribution < 1.29 is 9.59 Å². The van der Waals surface area contributed by atoms with Crippen LogP contribution in [0.2, 0.25) is 0 Å². The van der Waals surface area contributed by atoms with Crippen LogP contribution in [-0.4, -0.2) is 52.0 Å². The van der Waals surface area contributed by atoms with Crippen LogP contribution in [-0.2, 0) is 11.8 Å². The summed E-state index contributed by atoms with van der Waals surface area (Å²) >= 11 is 0. The van der Waals surface area contributed by atoms with Crippen LogP contribution in [0.15, 0.2) is 18.3 Å². The van der Waals surface area contributed by atoms with E-state index in [1.165, 1.54) is 10.6 Å². The molecule has 0 aliphatic carbocycles. The van der Waals surface area contributed by atoms with Crippen molar-refractivity contribution in [2.75, 3.05) is 19.6 Å². The number of likely N-dealkylation sites (tertiary alicyclic amines) is 1. The smallest absolute Gasteiger partial charge is 0.324 e. The molecule has 3 amide bonds. The molecule has 1 aromatic heterocycles. The van der Waals surface area contributed by atoms with Gasteiger partial charge < -0.3 is 9.88 Å². The molecule has 6 heteroatoms. The fourth-order valence-corrected chi connectivity index (χ4v) is 3.44. The third-order valence-electron chi connectivity index (χ3n) is 4.60. The Morgan fingerprint density at radius 1 is 1.43 bits per heavy atom. The van der Waals surface area contributed by atoms with Crippen molar-refractivity contribution in [1.29, 1.82) is 0 Å². The number of urea groups is 1. The van der Waals surface area contributed by atoms with Gasteiger partial charge in [-0.05, 0) is 38.4 Å². The maximum absolute atomic E-state index is 12.6. The molecule has 6 nitrogen and oxygen atoms in total. The molecule has 2 aliphatic rings. The van der Waals surface area contributed by atoms with Gasteiger partial charge in [0.2, 0.25) is 5.91 Å². The average Bonchev–Trinajstić information content (AvgIpc) is 3.17. The second-order valence-electron chi connectivity index (χ2n) is 5.84. The topological polar surface area (TPSA) is 57.6 Å². The standard InChI is InChI=1S/C15H22N4O2/c1-11(14(20)19-10-7-16-15(19)21)18-9-4-6-13(18)12-5-3-8-17(12)2/h3,5,8,11,13H,4,6-7,9-10H2,1-2H3,(H,16,21)/t11-,13+/m0/s1. The average molecular weight is 290 g/mol. The SMILES string of the molecule is C[C@@H](C(=O)N1CCNC1=O)N1CCC[C@@H]1c1cccn1C. The Bertz CT molecular complexity index is 554. The van der Waals surface area contributed by atoms with E-state index in [1.807, 2.05) is 26.2 Å². The molecule has 1 aromatic rings. The zero-order valence-corrected chi connectivity index (χ0v) is 12.6. The van der Waals surface area contributed by atoms with E-state index in [9.17, 15) is 9.59 Å². The minimum atomic E-state index is -0.267. The highest BCUT2D eigenvalue weighted by molar-refractivity contribution is 5.98. The number of amides is 3. The van der Waals surface area contributed by atoms with Crippen molar-refractivity contribution in [2.45, 2.75) is 31.8 Å². The van der Waals surface area contributed by atoms with Gasteiger partial charge in [0.1, 0.15) is 0 Å². The first-order valence-corrected chi connectivity index (χ1v) is 7.56. The summed E-state index contributed by atoms with van der Waals surface area (Å²) in [5.41, 5.74) is 1.23. The Morgan fingerprint density at radius 2 is 2.24 bits per heavy atom. The molecule has 3 heterocycles. The second kappa shape index (κ2) is 5.52. The maximum Gasteiger partial charge on any atom is 0.324 e. The number of aromatic nitrogens is 1. The third-order valence-corrected chi connectivity index (χ3v) is 4.60. The van der Waals surface area contributed by atoms with Crippen molar-refractivity contribution in [3.63, 3.8) is 0 Å². The summed E-state index contributed by atoms with van der Waals surface area (Å²) in [7, 11) is 2.03. The lowest BCUT2D eigenvalue weighted by molar-refractivity contribution is -0.133. The van der Waals surface area contributed by atoms with Gasteiger partial charge >= 0.3 is 6.03 Å². The molecule has 0 saturated carbocycles. The maximum atomic E-state index is 12.6. The predicted molar refractivity (Wildman–Crippen MR) is 78.7 cm³/mol. The third kappa shape index (κ3) is 2.44. The highest BCUT2D eigenvalue weighted by Crippen LogP contribution is 2.34. The number of rotatable bonds is 3. The summed E-state index contributed by atoms with van der Waals surface area (Å²) in [4.78, 5) is 27.8. The number of hydrogen-bond donors (Lipinski definition) is 1. The summed E-state index contributed by atoms with van der Waals surface area (Å²) in [5.74, 6) is -0.0916. The van der Waals surface area contributed by atoms with Crippen LogP contribution in [0, 0.1) is 0 Å². The van der Waals surface area contributed by atoms with Gasteiger partial charge in [-0.25, -0.2) is 4.79 Å². The van der Waals surface area contributed by atoms with Gasteiger partial charge in [0.25, 0.3) is 0 Å². The van der Waals surface area contributed by atoms with Gasteiger partial charge in [-0.3, -0.25) is 14.6 Å². The van der Waals surface area contributed by atoms with Crippen molar-refractivity contribution in [3.05, 3.63) is 24.0 Å². The summed E-state index contributed by atoms with van der Waals surface area (Å²) < 4.78 is 2.11. The van der Waals surface area contributed by atoms with E-state index >= 15 is 0 Å². The first kappa shape index (κ1) is 14.1. The highest BCUT2D eigenvalue weighted by Gasteiger charge is 2.38. The van der Waals surface area contributed by atoms with Crippen LogP contribution in [0.3, 0.4) is 0 Å². The molecule has 0 bridgehead atoms. The number of carbonyl (C=O) groups is 2. The Morgan fingerprint density at radius 3 is 2.86 bits per heavy atom. The quantitative estimate of drug-likeness (QED) is 0.907. The lowest BCUT2D eigenvalue weighted by atomic mass is 10.1. The molecule has 0 unspecified atom stereocenters. The van der Waals surface area contributed by atoms with Crippen LogP contribution >= 0.6 is 0 Å².